The average Bonchev–Trinajstić information content (AvgIpc) is 2.84. The molecule has 0 spiro atoms. The zero-order valence-electron chi connectivity index (χ0n) is 11.2. The van der Waals surface area contributed by atoms with Gasteiger partial charge in [-0.3, -0.25) is 10.1 Å². The van der Waals surface area contributed by atoms with Crippen LogP contribution in [0.5, 0.6) is 5.88 Å². The van der Waals surface area contributed by atoms with Crippen LogP contribution in [0.3, 0.4) is 0 Å². The van der Waals surface area contributed by atoms with Crippen LogP contribution in [0.4, 0.5) is 11.5 Å². The highest BCUT2D eigenvalue weighted by Gasteiger charge is 2.25. The first-order valence-corrected chi connectivity index (χ1v) is 6.56. The Balaban J connectivity index is 2.31. The fourth-order valence-corrected chi connectivity index (χ4v) is 2.40. The second-order valence-electron chi connectivity index (χ2n) is 4.01. The van der Waals surface area contributed by atoms with E-state index in [0.29, 0.717) is 0 Å². The number of nitro groups is 1. The fourth-order valence-electron chi connectivity index (χ4n) is 1.62. The molecule has 106 valence electrons. The predicted molar refractivity (Wildman–Crippen MR) is 74.1 cm³/mol. The van der Waals surface area contributed by atoms with E-state index in [9.17, 15) is 10.1 Å². The van der Waals surface area contributed by atoms with Gasteiger partial charge in [0.15, 0.2) is 0 Å². The molecule has 2 rings (SSSR count). The van der Waals surface area contributed by atoms with Crippen molar-refractivity contribution in [1.82, 2.24) is 15.0 Å². The number of rotatable bonds is 5. The number of hydrogen-bond donors (Lipinski definition) is 1. The van der Waals surface area contributed by atoms with Crippen LogP contribution < -0.4 is 10.1 Å². The highest BCUT2D eigenvalue weighted by atomic mass is 32.1. The minimum atomic E-state index is -0.568. The Morgan fingerprint density at radius 2 is 2.20 bits per heavy atom. The summed E-state index contributed by atoms with van der Waals surface area (Å²) < 4.78 is 4.89. The van der Waals surface area contributed by atoms with E-state index in [1.165, 1.54) is 24.8 Å². The molecule has 2 aromatic heterocycles. The van der Waals surface area contributed by atoms with Gasteiger partial charge >= 0.3 is 5.69 Å². The number of methoxy groups -OCH3 is 1. The van der Waals surface area contributed by atoms with Gasteiger partial charge in [0.1, 0.15) is 11.3 Å². The molecule has 0 aliphatic rings. The third-order valence-electron chi connectivity index (χ3n) is 2.53. The second-order valence-corrected chi connectivity index (χ2v) is 5.28. The highest BCUT2D eigenvalue weighted by molar-refractivity contribution is 7.11. The molecular weight excluding hydrogens is 282 g/mol. The normalized spacial score (nSPS) is 11.9. The Morgan fingerprint density at radius 1 is 1.45 bits per heavy atom. The number of ether oxygens (including phenoxy) is 1. The monoisotopic (exact) mass is 295 g/mol. The number of nitrogens with zero attached hydrogens (tertiary/aromatic N) is 4. The van der Waals surface area contributed by atoms with Crippen molar-refractivity contribution in [3.8, 4) is 5.88 Å². The lowest BCUT2D eigenvalue weighted by Crippen LogP contribution is -2.10. The number of nitrogens with one attached hydrogen (secondary N) is 1. The Hall–Kier alpha value is -2.29. The molecule has 20 heavy (non-hydrogen) atoms. The summed E-state index contributed by atoms with van der Waals surface area (Å²) in [4.78, 5) is 23.5. The Labute approximate surface area is 119 Å². The van der Waals surface area contributed by atoms with E-state index in [0.717, 1.165) is 9.88 Å². The van der Waals surface area contributed by atoms with Gasteiger partial charge in [-0.25, -0.2) is 9.97 Å². The van der Waals surface area contributed by atoms with Gasteiger partial charge in [0, 0.05) is 11.1 Å². The summed E-state index contributed by atoms with van der Waals surface area (Å²) in [5, 5.41) is 14.9. The maximum atomic E-state index is 11.1. The molecule has 0 bridgehead atoms. The highest BCUT2D eigenvalue weighted by Crippen LogP contribution is 2.33. The Bertz CT molecular complexity index is 630. The van der Waals surface area contributed by atoms with Crippen LogP contribution in [0.15, 0.2) is 12.5 Å². The van der Waals surface area contributed by atoms with E-state index in [-0.39, 0.29) is 23.4 Å². The van der Waals surface area contributed by atoms with E-state index in [4.69, 9.17) is 4.74 Å². The van der Waals surface area contributed by atoms with Crippen LogP contribution in [-0.4, -0.2) is 27.0 Å². The first kappa shape index (κ1) is 14.1. The van der Waals surface area contributed by atoms with Gasteiger partial charge in [0.05, 0.1) is 18.1 Å². The van der Waals surface area contributed by atoms with Crippen LogP contribution >= 0.6 is 11.3 Å². The van der Waals surface area contributed by atoms with Gasteiger partial charge in [-0.2, -0.15) is 4.98 Å². The second kappa shape index (κ2) is 5.78. The van der Waals surface area contributed by atoms with Crippen molar-refractivity contribution in [1.29, 1.82) is 0 Å². The Kier molecular flexibility index (Phi) is 4.08. The number of aryl methyl sites for hydroxylation is 1. The molecule has 0 amide bonds. The summed E-state index contributed by atoms with van der Waals surface area (Å²) in [5.74, 6) is 0.0391. The molecule has 2 aromatic rings. The molecule has 9 heteroatoms. The smallest absolute Gasteiger partial charge is 0.372 e. The molecule has 0 aliphatic carbocycles. The molecule has 1 atom stereocenters. The fraction of sp³-hybridized carbons (Fsp3) is 0.364. The van der Waals surface area contributed by atoms with Crippen LogP contribution in [0.2, 0.25) is 0 Å². The average molecular weight is 295 g/mol. The largest absolute Gasteiger partial charge is 0.476 e. The summed E-state index contributed by atoms with van der Waals surface area (Å²) in [6.07, 6.45) is 2.97. The topological polar surface area (TPSA) is 103 Å². The minimum absolute atomic E-state index is 0.0741. The summed E-state index contributed by atoms with van der Waals surface area (Å²) in [6, 6.07) is -0.202. The summed E-state index contributed by atoms with van der Waals surface area (Å²) in [7, 11) is 1.33. The molecule has 0 saturated heterocycles. The molecular formula is C11H13N5O3S. The molecule has 0 aliphatic heterocycles. The molecule has 1 N–H and O–H groups in total. The molecule has 0 fully saturated rings. The summed E-state index contributed by atoms with van der Waals surface area (Å²) in [6.45, 7) is 3.81. The van der Waals surface area contributed by atoms with Gasteiger partial charge in [-0.05, 0) is 13.8 Å². The summed E-state index contributed by atoms with van der Waals surface area (Å²) >= 11 is 1.52. The van der Waals surface area contributed by atoms with Crippen LogP contribution in [-0.2, 0) is 0 Å². The van der Waals surface area contributed by atoms with Crippen LogP contribution in [0.25, 0.3) is 0 Å². The number of thiazole rings is 1. The minimum Gasteiger partial charge on any atom is -0.476 e. The lowest BCUT2D eigenvalue weighted by atomic mass is 10.3. The standard InChI is InChI=1S/C11H13N5O3S/c1-6-4-12-11(20-6)7(2)15-9-8(16(17)18)10(19-3)14-5-13-9/h4-5,7H,1-3H3,(H,13,14,15). The zero-order valence-corrected chi connectivity index (χ0v) is 12.0. The molecule has 1 unspecified atom stereocenters. The third kappa shape index (κ3) is 2.82. The van der Waals surface area contributed by atoms with Crippen molar-refractivity contribution in [2.45, 2.75) is 19.9 Å². The van der Waals surface area contributed by atoms with E-state index in [1.54, 1.807) is 6.20 Å². The first-order chi connectivity index (χ1) is 9.52. The quantitative estimate of drug-likeness (QED) is 0.666. The maximum absolute atomic E-state index is 11.1. The molecule has 0 aromatic carbocycles. The molecule has 8 nitrogen and oxygen atoms in total. The Morgan fingerprint density at radius 3 is 2.75 bits per heavy atom. The van der Waals surface area contributed by atoms with E-state index in [2.05, 4.69) is 20.3 Å². The van der Waals surface area contributed by atoms with Crippen molar-refractivity contribution >= 4 is 22.8 Å². The third-order valence-corrected chi connectivity index (χ3v) is 3.62. The van der Waals surface area contributed by atoms with Crippen molar-refractivity contribution in [3.63, 3.8) is 0 Å². The number of hydrogen-bond acceptors (Lipinski definition) is 8. The number of anilines is 1. The molecule has 0 saturated carbocycles. The van der Waals surface area contributed by atoms with Gasteiger partial charge in [-0.1, -0.05) is 0 Å². The number of aromatic nitrogens is 3. The van der Waals surface area contributed by atoms with Crippen molar-refractivity contribution in [3.05, 3.63) is 32.5 Å². The van der Waals surface area contributed by atoms with Gasteiger partial charge in [0.2, 0.25) is 5.82 Å². The van der Waals surface area contributed by atoms with Gasteiger partial charge < -0.3 is 10.1 Å². The van der Waals surface area contributed by atoms with Crippen molar-refractivity contribution in [2.24, 2.45) is 0 Å². The SMILES string of the molecule is COc1ncnc(NC(C)c2ncc(C)s2)c1[N+](=O)[O-]. The lowest BCUT2D eigenvalue weighted by molar-refractivity contribution is -0.385. The first-order valence-electron chi connectivity index (χ1n) is 5.75. The predicted octanol–water partition coefficient (Wildman–Crippen LogP) is 2.33. The van der Waals surface area contributed by atoms with Gasteiger partial charge in [0.25, 0.3) is 5.88 Å². The molecule has 0 radical (unpaired) electrons. The van der Waals surface area contributed by atoms with E-state index in [1.807, 2.05) is 13.8 Å². The zero-order chi connectivity index (χ0) is 14.7. The van der Waals surface area contributed by atoms with Gasteiger partial charge in [-0.15, -0.1) is 11.3 Å². The molecule has 2 heterocycles. The summed E-state index contributed by atoms with van der Waals surface area (Å²) in [5.41, 5.74) is -0.282. The lowest BCUT2D eigenvalue weighted by Gasteiger charge is -2.12. The maximum Gasteiger partial charge on any atom is 0.372 e. The van der Waals surface area contributed by atoms with Crippen LogP contribution in [0.1, 0.15) is 22.9 Å². The van der Waals surface area contributed by atoms with E-state index >= 15 is 0 Å². The van der Waals surface area contributed by atoms with Crippen molar-refractivity contribution < 1.29 is 9.66 Å². The van der Waals surface area contributed by atoms with Crippen LogP contribution in [0, 0.1) is 17.0 Å². The van der Waals surface area contributed by atoms with Crippen molar-refractivity contribution in [2.75, 3.05) is 12.4 Å². The van der Waals surface area contributed by atoms with E-state index < -0.39 is 4.92 Å².